The molecule has 0 unspecified atom stereocenters. The maximum atomic E-state index is 8.73. The Labute approximate surface area is 134 Å². The molecule has 0 spiro atoms. The van der Waals surface area contributed by atoms with Gasteiger partial charge in [-0.1, -0.05) is 69.6 Å². The van der Waals surface area contributed by atoms with Gasteiger partial charge in [-0.15, -0.1) is 0 Å². The highest BCUT2D eigenvalue weighted by Crippen LogP contribution is 2.45. The SMILES string of the molecule is OB(O)Oc1cc(C(Cl)(Cl)Cl)cc(C(Cl)(Cl)Cl)c1. The molecule has 1 rings (SSSR count). The van der Waals surface area contributed by atoms with E-state index in [1.807, 2.05) is 0 Å². The van der Waals surface area contributed by atoms with Crippen molar-refractivity contribution in [2.24, 2.45) is 0 Å². The summed E-state index contributed by atoms with van der Waals surface area (Å²) >= 11 is 34.3. The monoisotopic (exact) mass is 370 g/mol. The van der Waals surface area contributed by atoms with Crippen LogP contribution in [-0.4, -0.2) is 17.4 Å². The molecule has 2 N–H and O–H groups in total. The molecule has 1 aromatic rings. The summed E-state index contributed by atoms with van der Waals surface area (Å²) in [5.74, 6) is -0.0184. The van der Waals surface area contributed by atoms with Crippen LogP contribution in [0.15, 0.2) is 18.2 Å². The van der Waals surface area contributed by atoms with Crippen LogP contribution in [0.3, 0.4) is 0 Å². The zero-order chi connectivity index (χ0) is 14.1. The highest BCUT2D eigenvalue weighted by molar-refractivity contribution is 6.67. The molecule has 0 aromatic heterocycles. The van der Waals surface area contributed by atoms with Crippen LogP contribution >= 0.6 is 69.6 Å². The lowest BCUT2D eigenvalue weighted by molar-refractivity contribution is 0.288. The lowest BCUT2D eigenvalue weighted by Crippen LogP contribution is -2.21. The molecule has 3 nitrogen and oxygen atoms in total. The van der Waals surface area contributed by atoms with Crippen LogP contribution in [-0.2, 0) is 7.59 Å². The Hall–Kier alpha value is 0.745. The van der Waals surface area contributed by atoms with Crippen molar-refractivity contribution >= 4 is 76.9 Å². The molecule has 1 aromatic carbocycles. The van der Waals surface area contributed by atoms with Crippen LogP contribution in [0.2, 0.25) is 0 Å². The molecular formula is C8H5BCl6O3. The Bertz CT molecular complexity index is 396. The Kier molecular flexibility index (Phi) is 5.62. The number of rotatable bonds is 2. The number of alkyl halides is 6. The minimum absolute atomic E-state index is 0.0184. The first-order chi connectivity index (χ1) is 8.00. The van der Waals surface area contributed by atoms with Crippen LogP contribution in [0.4, 0.5) is 0 Å². The van der Waals surface area contributed by atoms with Gasteiger partial charge in [-0.25, -0.2) is 0 Å². The van der Waals surface area contributed by atoms with Crippen molar-refractivity contribution in [2.75, 3.05) is 0 Å². The standard InChI is InChI=1S/C8H5BCl6O3/c10-7(11,12)4-1-5(8(13,14)15)3-6(2-4)18-9(16)17/h1-3,16-17H. The number of benzene rings is 1. The molecule has 0 aliphatic rings. The summed E-state index contributed by atoms with van der Waals surface area (Å²) in [5.41, 5.74) is 0.318. The van der Waals surface area contributed by atoms with Crippen molar-refractivity contribution in [2.45, 2.75) is 7.59 Å². The van der Waals surface area contributed by atoms with Gasteiger partial charge in [0.25, 0.3) is 0 Å². The summed E-state index contributed by atoms with van der Waals surface area (Å²) in [4.78, 5) is 0. The molecule has 0 atom stereocenters. The molecular weight excluding hydrogens is 368 g/mol. The number of hydrogen-bond donors (Lipinski definition) is 2. The van der Waals surface area contributed by atoms with E-state index in [-0.39, 0.29) is 16.9 Å². The molecule has 0 heterocycles. The molecule has 0 aliphatic heterocycles. The lowest BCUT2D eigenvalue weighted by Gasteiger charge is -2.19. The van der Waals surface area contributed by atoms with E-state index in [2.05, 4.69) is 4.65 Å². The molecule has 10 heteroatoms. The van der Waals surface area contributed by atoms with Gasteiger partial charge < -0.3 is 14.7 Å². The molecule has 100 valence electrons. The Balaban J connectivity index is 3.29. The van der Waals surface area contributed by atoms with E-state index in [0.29, 0.717) is 0 Å². The molecule has 18 heavy (non-hydrogen) atoms. The smallest absolute Gasteiger partial charge is 0.512 e. The van der Waals surface area contributed by atoms with Gasteiger partial charge in [-0.05, 0) is 18.2 Å². The second kappa shape index (κ2) is 6.02. The van der Waals surface area contributed by atoms with E-state index in [4.69, 9.17) is 79.7 Å². The zero-order valence-corrected chi connectivity index (χ0v) is 12.9. The number of hydrogen-bond acceptors (Lipinski definition) is 3. The van der Waals surface area contributed by atoms with Gasteiger partial charge in [-0.3, -0.25) is 0 Å². The van der Waals surface area contributed by atoms with E-state index >= 15 is 0 Å². The van der Waals surface area contributed by atoms with Crippen LogP contribution < -0.4 is 4.65 Å². The first-order valence-electron chi connectivity index (χ1n) is 4.32. The molecule has 0 aliphatic carbocycles. The van der Waals surface area contributed by atoms with Gasteiger partial charge in [0.05, 0.1) is 0 Å². The van der Waals surface area contributed by atoms with E-state index in [1.165, 1.54) is 18.2 Å². The largest absolute Gasteiger partial charge is 0.707 e. The van der Waals surface area contributed by atoms with Crippen LogP contribution in [0.5, 0.6) is 5.75 Å². The fraction of sp³-hybridized carbons (Fsp3) is 0.250. The third-order valence-corrected chi connectivity index (χ3v) is 3.11. The Morgan fingerprint density at radius 1 is 0.833 bits per heavy atom. The lowest BCUT2D eigenvalue weighted by atomic mass is 10.1. The van der Waals surface area contributed by atoms with Crippen molar-refractivity contribution in [1.29, 1.82) is 0 Å². The topological polar surface area (TPSA) is 49.7 Å². The highest BCUT2D eigenvalue weighted by Gasteiger charge is 2.30. The molecule has 0 saturated carbocycles. The molecule has 0 amide bonds. The van der Waals surface area contributed by atoms with E-state index in [9.17, 15) is 0 Å². The minimum Gasteiger partial charge on any atom is -0.512 e. The molecule has 0 fully saturated rings. The number of halogens is 6. The van der Waals surface area contributed by atoms with Crippen molar-refractivity contribution in [3.63, 3.8) is 0 Å². The minimum atomic E-state index is -2.04. The van der Waals surface area contributed by atoms with Gasteiger partial charge >= 0.3 is 7.32 Å². The first-order valence-corrected chi connectivity index (χ1v) is 6.59. The van der Waals surface area contributed by atoms with Crippen molar-refractivity contribution in [1.82, 2.24) is 0 Å². The fourth-order valence-corrected chi connectivity index (χ4v) is 1.77. The maximum Gasteiger partial charge on any atom is 0.707 e. The average molecular weight is 373 g/mol. The molecule has 0 saturated heterocycles. The van der Waals surface area contributed by atoms with Gasteiger partial charge in [0.15, 0.2) is 0 Å². The highest BCUT2D eigenvalue weighted by atomic mass is 35.6. The Morgan fingerprint density at radius 2 is 1.22 bits per heavy atom. The van der Waals surface area contributed by atoms with Crippen molar-refractivity contribution < 1.29 is 14.7 Å². The second-order valence-electron chi connectivity index (χ2n) is 3.19. The Morgan fingerprint density at radius 3 is 1.50 bits per heavy atom. The average Bonchev–Trinajstić information content (AvgIpc) is 2.13. The van der Waals surface area contributed by atoms with E-state index in [1.54, 1.807) is 0 Å². The summed E-state index contributed by atoms with van der Waals surface area (Å²) in [5, 5.41) is 17.5. The summed E-state index contributed by atoms with van der Waals surface area (Å²) in [6.07, 6.45) is 0. The quantitative estimate of drug-likeness (QED) is 0.615. The molecule has 0 bridgehead atoms. The van der Waals surface area contributed by atoms with Gasteiger partial charge in [-0.2, -0.15) is 0 Å². The van der Waals surface area contributed by atoms with Crippen LogP contribution in [0.1, 0.15) is 11.1 Å². The molecule has 0 radical (unpaired) electrons. The van der Waals surface area contributed by atoms with E-state index < -0.39 is 14.9 Å². The van der Waals surface area contributed by atoms with Crippen molar-refractivity contribution in [3.05, 3.63) is 29.3 Å². The predicted octanol–water partition coefficient (Wildman–Crippen LogP) is 3.69. The summed E-state index contributed by atoms with van der Waals surface area (Å²) in [7, 11) is -2.04. The summed E-state index contributed by atoms with van der Waals surface area (Å²) in [6, 6.07) is 3.93. The summed E-state index contributed by atoms with van der Waals surface area (Å²) in [6.45, 7) is 0. The third-order valence-electron chi connectivity index (χ3n) is 1.80. The fourth-order valence-electron chi connectivity index (χ4n) is 1.12. The van der Waals surface area contributed by atoms with Crippen LogP contribution in [0, 0.1) is 0 Å². The van der Waals surface area contributed by atoms with Gasteiger partial charge in [0, 0.05) is 11.1 Å². The van der Waals surface area contributed by atoms with Gasteiger partial charge in [0.2, 0.25) is 7.59 Å². The van der Waals surface area contributed by atoms with Gasteiger partial charge in [0.1, 0.15) is 5.75 Å². The van der Waals surface area contributed by atoms with E-state index in [0.717, 1.165) is 0 Å². The maximum absolute atomic E-state index is 8.73. The zero-order valence-electron chi connectivity index (χ0n) is 8.38. The van der Waals surface area contributed by atoms with Crippen LogP contribution in [0.25, 0.3) is 0 Å². The van der Waals surface area contributed by atoms with Crippen molar-refractivity contribution in [3.8, 4) is 5.75 Å². The predicted molar refractivity (Wildman–Crippen MR) is 75.7 cm³/mol. The second-order valence-corrected chi connectivity index (χ2v) is 7.75. The normalized spacial score (nSPS) is 12.4. The summed E-state index contributed by atoms with van der Waals surface area (Å²) < 4.78 is 1.10. The first kappa shape index (κ1) is 16.8. The third kappa shape index (κ3) is 5.02.